The van der Waals surface area contributed by atoms with Crippen LogP contribution < -0.4 is 5.32 Å². The lowest BCUT2D eigenvalue weighted by Gasteiger charge is -2.17. The van der Waals surface area contributed by atoms with E-state index in [0.29, 0.717) is 13.0 Å². The van der Waals surface area contributed by atoms with Gasteiger partial charge < -0.3 is 5.32 Å². The molecule has 25 heavy (non-hydrogen) atoms. The number of aryl methyl sites for hydroxylation is 2. The lowest BCUT2D eigenvalue weighted by Crippen LogP contribution is -2.26. The van der Waals surface area contributed by atoms with Gasteiger partial charge in [-0.3, -0.25) is 9.69 Å². The average molecular weight is 336 g/mol. The molecule has 3 nitrogen and oxygen atoms in total. The molecular weight excluding hydrogens is 308 g/mol. The van der Waals surface area contributed by atoms with E-state index >= 15 is 0 Å². The molecule has 3 rings (SSSR count). The number of nitrogens with zero attached hydrogens (tertiary/aromatic N) is 1. The number of rotatable bonds is 6. The zero-order chi connectivity index (χ0) is 17.6. The minimum atomic E-state index is 0.0826. The fourth-order valence-electron chi connectivity index (χ4n) is 3.42. The van der Waals surface area contributed by atoms with Crippen molar-refractivity contribution in [1.29, 1.82) is 0 Å². The van der Waals surface area contributed by atoms with Gasteiger partial charge in [-0.05, 0) is 67.6 Å². The number of benzene rings is 2. The van der Waals surface area contributed by atoms with Crippen molar-refractivity contribution < 1.29 is 4.79 Å². The molecule has 3 heteroatoms. The molecule has 0 unspecified atom stereocenters. The molecule has 0 aliphatic carbocycles. The van der Waals surface area contributed by atoms with E-state index in [-0.39, 0.29) is 5.91 Å². The normalized spacial score (nSPS) is 14.6. The Labute approximate surface area is 151 Å². The van der Waals surface area contributed by atoms with E-state index in [1.807, 2.05) is 6.07 Å². The molecule has 1 saturated heterocycles. The SMILES string of the molecule is Cc1ccc(CC(=O)NCc2ccccc2CN2CCCC2)cc1C. The molecule has 132 valence electrons. The monoisotopic (exact) mass is 336 g/mol. The van der Waals surface area contributed by atoms with Crippen molar-refractivity contribution in [2.45, 2.75) is 46.2 Å². The van der Waals surface area contributed by atoms with Crippen LogP contribution >= 0.6 is 0 Å². The summed E-state index contributed by atoms with van der Waals surface area (Å²) < 4.78 is 0. The molecule has 2 aromatic rings. The third-order valence-corrected chi connectivity index (χ3v) is 5.12. The fourth-order valence-corrected chi connectivity index (χ4v) is 3.42. The number of carbonyl (C=O) groups excluding carboxylic acids is 1. The predicted molar refractivity (Wildman–Crippen MR) is 102 cm³/mol. The van der Waals surface area contributed by atoms with Crippen LogP contribution in [0.5, 0.6) is 0 Å². The molecule has 1 aliphatic rings. The predicted octanol–water partition coefficient (Wildman–Crippen LogP) is 3.76. The molecule has 0 bridgehead atoms. The molecule has 1 aliphatic heterocycles. The van der Waals surface area contributed by atoms with Crippen molar-refractivity contribution >= 4 is 5.91 Å². The number of carbonyl (C=O) groups is 1. The largest absolute Gasteiger partial charge is 0.352 e. The van der Waals surface area contributed by atoms with Gasteiger partial charge in [-0.1, -0.05) is 42.5 Å². The fraction of sp³-hybridized carbons (Fsp3) is 0.409. The summed E-state index contributed by atoms with van der Waals surface area (Å²) in [5.74, 6) is 0.0826. The molecule has 1 N–H and O–H groups in total. The summed E-state index contributed by atoms with van der Waals surface area (Å²) in [5, 5.41) is 3.09. The van der Waals surface area contributed by atoms with E-state index in [1.54, 1.807) is 0 Å². The van der Waals surface area contributed by atoms with Gasteiger partial charge in [-0.15, -0.1) is 0 Å². The summed E-state index contributed by atoms with van der Waals surface area (Å²) in [4.78, 5) is 14.8. The van der Waals surface area contributed by atoms with Crippen molar-refractivity contribution in [2.75, 3.05) is 13.1 Å². The zero-order valence-corrected chi connectivity index (χ0v) is 15.3. The maximum Gasteiger partial charge on any atom is 0.224 e. The van der Waals surface area contributed by atoms with Gasteiger partial charge in [0.15, 0.2) is 0 Å². The number of nitrogens with one attached hydrogen (secondary N) is 1. The summed E-state index contributed by atoms with van der Waals surface area (Å²) in [6.45, 7) is 8.15. The second-order valence-electron chi connectivity index (χ2n) is 7.12. The quantitative estimate of drug-likeness (QED) is 0.871. The molecule has 0 aromatic heterocycles. The Morgan fingerprint density at radius 2 is 1.72 bits per heavy atom. The van der Waals surface area contributed by atoms with E-state index < -0.39 is 0 Å². The van der Waals surface area contributed by atoms with Gasteiger partial charge in [0, 0.05) is 13.1 Å². The Kier molecular flexibility index (Phi) is 5.87. The molecule has 0 saturated carbocycles. The van der Waals surface area contributed by atoms with Crippen molar-refractivity contribution in [3.63, 3.8) is 0 Å². The Morgan fingerprint density at radius 3 is 2.44 bits per heavy atom. The lowest BCUT2D eigenvalue weighted by molar-refractivity contribution is -0.120. The van der Waals surface area contributed by atoms with E-state index in [4.69, 9.17) is 0 Å². The highest BCUT2D eigenvalue weighted by Crippen LogP contribution is 2.16. The average Bonchev–Trinajstić information content (AvgIpc) is 3.10. The van der Waals surface area contributed by atoms with Gasteiger partial charge in [0.05, 0.1) is 6.42 Å². The van der Waals surface area contributed by atoms with Crippen molar-refractivity contribution in [1.82, 2.24) is 10.2 Å². The zero-order valence-electron chi connectivity index (χ0n) is 15.3. The Hall–Kier alpha value is -2.13. The molecule has 1 fully saturated rings. The van der Waals surface area contributed by atoms with Gasteiger partial charge in [0.2, 0.25) is 5.91 Å². The smallest absolute Gasteiger partial charge is 0.224 e. The van der Waals surface area contributed by atoms with Crippen LogP contribution in [0.1, 0.15) is 40.7 Å². The van der Waals surface area contributed by atoms with Gasteiger partial charge in [-0.2, -0.15) is 0 Å². The van der Waals surface area contributed by atoms with Crippen molar-refractivity contribution in [3.05, 3.63) is 70.3 Å². The first-order valence-electron chi connectivity index (χ1n) is 9.24. The van der Waals surface area contributed by atoms with E-state index in [0.717, 1.165) is 12.1 Å². The van der Waals surface area contributed by atoms with Crippen LogP contribution in [0.25, 0.3) is 0 Å². The van der Waals surface area contributed by atoms with Crippen LogP contribution in [-0.2, 0) is 24.3 Å². The standard InChI is InChI=1S/C22H28N2O/c1-17-9-10-19(13-18(17)2)14-22(25)23-15-20-7-3-4-8-21(20)16-24-11-5-6-12-24/h3-4,7-10,13H,5-6,11-12,14-16H2,1-2H3,(H,23,25). The first-order chi connectivity index (χ1) is 12.1. The van der Waals surface area contributed by atoms with Crippen molar-refractivity contribution in [3.8, 4) is 0 Å². The number of amides is 1. The van der Waals surface area contributed by atoms with Gasteiger partial charge >= 0.3 is 0 Å². The molecule has 1 amide bonds. The third-order valence-electron chi connectivity index (χ3n) is 5.12. The van der Waals surface area contributed by atoms with Crippen LogP contribution in [-0.4, -0.2) is 23.9 Å². The Morgan fingerprint density at radius 1 is 1.00 bits per heavy atom. The van der Waals surface area contributed by atoms with Crippen LogP contribution in [0.3, 0.4) is 0 Å². The summed E-state index contributed by atoms with van der Waals surface area (Å²) in [7, 11) is 0. The maximum absolute atomic E-state index is 12.3. The second-order valence-corrected chi connectivity index (χ2v) is 7.12. The Bertz CT molecular complexity index is 733. The highest BCUT2D eigenvalue weighted by Gasteiger charge is 2.14. The van der Waals surface area contributed by atoms with E-state index in [1.165, 1.54) is 48.2 Å². The third kappa shape index (κ3) is 4.93. The minimum absolute atomic E-state index is 0.0826. The van der Waals surface area contributed by atoms with E-state index in [9.17, 15) is 4.79 Å². The number of hydrogen-bond donors (Lipinski definition) is 1. The summed E-state index contributed by atoms with van der Waals surface area (Å²) in [5.41, 5.74) is 6.13. The molecular formula is C22H28N2O. The van der Waals surface area contributed by atoms with Gasteiger partial charge in [-0.25, -0.2) is 0 Å². The highest BCUT2D eigenvalue weighted by atomic mass is 16.1. The van der Waals surface area contributed by atoms with E-state index in [2.05, 4.69) is 60.5 Å². The first kappa shape index (κ1) is 17.7. The summed E-state index contributed by atoms with van der Waals surface area (Å²) in [6.07, 6.45) is 3.04. The van der Waals surface area contributed by atoms with Crippen molar-refractivity contribution in [2.24, 2.45) is 0 Å². The van der Waals surface area contributed by atoms with Gasteiger partial charge in [0.25, 0.3) is 0 Å². The molecule has 0 atom stereocenters. The van der Waals surface area contributed by atoms with Crippen LogP contribution in [0.4, 0.5) is 0 Å². The first-order valence-corrected chi connectivity index (χ1v) is 9.24. The summed E-state index contributed by atoms with van der Waals surface area (Å²) in [6, 6.07) is 14.7. The summed E-state index contributed by atoms with van der Waals surface area (Å²) >= 11 is 0. The molecule has 1 heterocycles. The molecule has 0 spiro atoms. The second kappa shape index (κ2) is 8.30. The minimum Gasteiger partial charge on any atom is -0.352 e. The lowest BCUT2D eigenvalue weighted by atomic mass is 10.0. The molecule has 0 radical (unpaired) electrons. The maximum atomic E-state index is 12.3. The van der Waals surface area contributed by atoms with Gasteiger partial charge in [0.1, 0.15) is 0 Å². The Balaban J connectivity index is 1.57. The van der Waals surface area contributed by atoms with Crippen LogP contribution in [0.2, 0.25) is 0 Å². The molecule has 2 aromatic carbocycles. The van der Waals surface area contributed by atoms with Crippen LogP contribution in [0, 0.1) is 13.8 Å². The highest BCUT2D eigenvalue weighted by molar-refractivity contribution is 5.78. The number of hydrogen-bond acceptors (Lipinski definition) is 2. The number of likely N-dealkylation sites (tertiary alicyclic amines) is 1. The van der Waals surface area contributed by atoms with Crippen LogP contribution in [0.15, 0.2) is 42.5 Å². The topological polar surface area (TPSA) is 32.3 Å².